The fourth-order valence-electron chi connectivity index (χ4n) is 1.94. The Kier molecular flexibility index (Phi) is 3.94. The van der Waals surface area contributed by atoms with Crippen LogP contribution in [-0.4, -0.2) is 48.9 Å². The van der Waals surface area contributed by atoms with Gasteiger partial charge in [-0.05, 0) is 13.8 Å². The van der Waals surface area contributed by atoms with E-state index in [1.54, 1.807) is 6.92 Å². The summed E-state index contributed by atoms with van der Waals surface area (Å²) < 4.78 is 9.47. The predicted molar refractivity (Wildman–Crippen MR) is 58.9 cm³/mol. The van der Waals surface area contributed by atoms with Crippen LogP contribution >= 0.6 is 0 Å². The van der Waals surface area contributed by atoms with E-state index in [1.807, 2.05) is 6.07 Å². The molecular formula is C11H16N2O5. The minimum atomic E-state index is -1.63. The highest BCUT2D eigenvalue weighted by Gasteiger charge is 2.61. The lowest BCUT2D eigenvalue weighted by atomic mass is 9.88. The quantitative estimate of drug-likeness (QED) is 0.657. The maximum atomic E-state index is 11.9. The third-order valence-corrected chi connectivity index (χ3v) is 2.88. The van der Waals surface area contributed by atoms with Crippen molar-refractivity contribution < 1.29 is 23.9 Å². The van der Waals surface area contributed by atoms with E-state index < -0.39 is 23.1 Å². The minimum absolute atomic E-state index is 0.140. The largest absolute Gasteiger partial charge is 0.467 e. The van der Waals surface area contributed by atoms with E-state index in [0.717, 1.165) is 5.06 Å². The van der Waals surface area contributed by atoms with Crippen LogP contribution in [0.4, 0.5) is 0 Å². The maximum Gasteiger partial charge on any atom is 0.343 e. The molecule has 1 saturated heterocycles. The van der Waals surface area contributed by atoms with Gasteiger partial charge in [0, 0.05) is 13.5 Å². The first kappa shape index (κ1) is 14.4. The summed E-state index contributed by atoms with van der Waals surface area (Å²) in [5.41, 5.74) is -3.00. The number of ether oxygens (including phenoxy) is 2. The van der Waals surface area contributed by atoms with Crippen LogP contribution in [0, 0.1) is 11.3 Å². The van der Waals surface area contributed by atoms with Gasteiger partial charge in [0.15, 0.2) is 5.60 Å². The van der Waals surface area contributed by atoms with E-state index >= 15 is 0 Å². The number of nitrogens with zero attached hydrogens (tertiary/aromatic N) is 2. The van der Waals surface area contributed by atoms with E-state index in [4.69, 9.17) is 9.57 Å². The number of esters is 2. The topological polar surface area (TPSA) is 88.9 Å². The summed E-state index contributed by atoms with van der Waals surface area (Å²) in [6.07, 6.45) is -0.140. The number of methoxy groups -OCH3 is 1. The van der Waals surface area contributed by atoms with Crippen LogP contribution in [0.5, 0.6) is 0 Å². The second-order valence-electron chi connectivity index (χ2n) is 4.18. The summed E-state index contributed by atoms with van der Waals surface area (Å²) >= 11 is 0. The van der Waals surface area contributed by atoms with Crippen LogP contribution in [0.3, 0.4) is 0 Å². The van der Waals surface area contributed by atoms with Gasteiger partial charge in [-0.2, -0.15) is 10.3 Å². The molecule has 100 valence electrons. The molecule has 1 heterocycles. The summed E-state index contributed by atoms with van der Waals surface area (Å²) in [7, 11) is 2.63. The molecule has 0 bridgehead atoms. The van der Waals surface area contributed by atoms with Gasteiger partial charge in [0.1, 0.15) is 0 Å². The van der Waals surface area contributed by atoms with Crippen LogP contribution in [0.2, 0.25) is 0 Å². The number of carbonyl (C=O) groups excluding carboxylic acids is 2. The van der Waals surface area contributed by atoms with Crippen molar-refractivity contribution in [3.05, 3.63) is 0 Å². The first-order valence-corrected chi connectivity index (χ1v) is 5.46. The monoisotopic (exact) mass is 256 g/mol. The normalized spacial score (nSPS) is 31.7. The van der Waals surface area contributed by atoms with Crippen molar-refractivity contribution >= 4 is 11.9 Å². The van der Waals surface area contributed by atoms with E-state index in [9.17, 15) is 14.9 Å². The number of carbonyl (C=O) groups is 2. The van der Waals surface area contributed by atoms with Crippen LogP contribution in [0.1, 0.15) is 20.3 Å². The standard InChI is InChI=1S/C11H16N2O5/c1-5-17-9(15)11(7-12)6-10(2,8(14)16-4)18-13(11)3/h5-6H2,1-4H3/t10-,11-/m0/s1. The summed E-state index contributed by atoms with van der Waals surface area (Å²) in [6, 6.07) is 1.86. The number of likely N-dealkylation sites (N-methyl/N-ethyl adjacent to an activating group) is 1. The summed E-state index contributed by atoms with van der Waals surface area (Å²) in [5, 5.41) is 10.3. The molecule has 0 N–H and O–H groups in total. The predicted octanol–water partition coefficient (Wildman–Crippen LogP) is 0.0107. The molecule has 7 nitrogen and oxygen atoms in total. The van der Waals surface area contributed by atoms with E-state index in [-0.39, 0.29) is 13.0 Å². The van der Waals surface area contributed by atoms with Crippen molar-refractivity contribution in [2.24, 2.45) is 0 Å². The third-order valence-electron chi connectivity index (χ3n) is 2.88. The van der Waals surface area contributed by atoms with Gasteiger partial charge in [0.2, 0.25) is 5.54 Å². The van der Waals surface area contributed by atoms with Gasteiger partial charge >= 0.3 is 11.9 Å². The Hall–Kier alpha value is -1.65. The molecule has 0 aromatic carbocycles. The van der Waals surface area contributed by atoms with Gasteiger partial charge in [-0.15, -0.1) is 0 Å². The fourth-order valence-corrected chi connectivity index (χ4v) is 1.94. The summed E-state index contributed by atoms with van der Waals surface area (Å²) in [6.45, 7) is 3.25. The van der Waals surface area contributed by atoms with Crippen LogP contribution in [0.25, 0.3) is 0 Å². The van der Waals surface area contributed by atoms with Crippen molar-refractivity contribution in [1.29, 1.82) is 5.26 Å². The Bertz CT molecular complexity index is 405. The van der Waals surface area contributed by atoms with Gasteiger partial charge in [-0.25, -0.2) is 9.59 Å². The van der Waals surface area contributed by atoms with E-state index in [1.165, 1.54) is 21.1 Å². The molecule has 7 heteroatoms. The van der Waals surface area contributed by atoms with Crippen molar-refractivity contribution in [2.45, 2.75) is 31.4 Å². The van der Waals surface area contributed by atoms with Crippen molar-refractivity contribution in [3.63, 3.8) is 0 Å². The van der Waals surface area contributed by atoms with Gasteiger partial charge in [0.05, 0.1) is 19.8 Å². The molecule has 0 unspecified atom stereocenters. The van der Waals surface area contributed by atoms with Crippen LogP contribution in [0.15, 0.2) is 0 Å². The number of hydroxylamine groups is 2. The number of nitriles is 1. The molecule has 1 fully saturated rings. The molecule has 0 spiro atoms. The average Bonchev–Trinajstić information content (AvgIpc) is 2.62. The molecule has 0 amide bonds. The molecule has 1 aliphatic rings. The molecule has 2 atom stereocenters. The molecule has 0 aromatic rings. The Labute approximate surface area is 105 Å². The van der Waals surface area contributed by atoms with Crippen molar-refractivity contribution in [3.8, 4) is 6.07 Å². The lowest BCUT2D eigenvalue weighted by Gasteiger charge is -2.23. The third kappa shape index (κ3) is 2.05. The summed E-state index contributed by atoms with van der Waals surface area (Å²) in [5.74, 6) is -1.38. The Morgan fingerprint density at radius 3 is 2.56 bits per heavy atom. The van der Waals surface area contributed by atoms with Crippen LogP contribution < -0.4 is 0 Å². The molecule has 1 rings (SSSR count). The lowest BCUT2D eigenvalue weighted by Crippen LogP contribution is -2.48. The van der Waals surface area contributed by atoms with Crippen molar-refractivity contribution in [2.75, 3.05) is 20.8 Å². The Morgan fingerprint density at radius 2 is 2.11 bits per heavy atom. The maximum absolute atomic E-state index is 11.9. The Balaban J connectivity index is 3.07. The highest BCUT2D eigenvalue weighted by Crippen LogP contribution is 2.38. The molecule has 0 aliphatic carbocycles. The minimum Gasteiger partial charge on any atom is -0.467 e. The second kappa shape index (κ2) is 4.92. The highest BCUT2D eigenvalue weighted by atomic mass is 16.7. The number of hydrogen-bond acceptors (Lipinski definition) is 7. The van der Waals surface area contributed by atoms with Gasteiger partial charge in [0.25, 0.3) is 0 Å². The number of rotatable bonds is 3. The molecule has 18 heavy (non-hydrogen) atoms. The summed E-state index contributed by atoms with van der Waals surface area (Å²) in [4.78, 5) is 28.8. The first-order valence-electron chi connectivity index (χ1n) is 5.46. The molecule has 1 aliphatic heterocycles. The highest BCUT2D eigenvalue weighted by molar-refractivity contribution is 5.88. The zero-order valence-electron chi connectivity index (χ0n) is 10.8. The van der Waals surface area contributed by atoms with Crippen molar-refractivity contribution in [1.82, 2.24) is 5.06 Å². The van der Waals surface area contributed by atoms with E-state index in [0.29, 0.717) is 0 Å². The zero-order valence-corrected chi connectivity index (χ0v) is 10.8. The Morgan fingerprint density at radius 1 is 1.50 bits per heavy atom. The zero-order chi connectivity index (χ0) is 14.0. The van der Waals surface area contributed by atoms with E-state index in [2.05, 4.69) is 4.74 Å². The molecule has 0 aromatic heterocycles. The molecule has 0 radical (unpaired) electrons. The molecular weight excluding hydrogens is 240 g/mol. The number of hydrogen-bond donors (Lipinski definition) is 0. The first-order chi connectivity index (χ1) is 8.36. The SMILES string of the molecule is CCOC(=O)[C@@]1(C#N)C[C@@](C)(C(=O)OC)ON1C. The fraction of sp³-hybridized carbons (Fsp3) is 0.727. The second-order valence-corrected chi connectivity index (χ2v) is 4.18. The van der Waals surface area contributed by atoms with Gasteiger partial charge < -0.3 is 9.47 Å². The molecule has 0 saturated carbocycles. The average molecular weight is 256 g/mol. The smallest absolute Gasteiger partial charge is 0.343 e. The lowest BCUT2D eigenvalue weighted by molar-refractivity contribution is -0.214. The van der Waals surface area contributed by atoms with Gasteiger partial charge in [-0.1, -0.05) is 0 Å². The van der Waals surface area contributed by atoms with Crippen LogP contribution in [-0.2, 0) is 23.9 Å². The van der Waals surface area contributed by atoms with Gasteiger partial charge in [-0.3, -0.25) is 4.84 Å².